The zero-order valence-corrected chi connectivity index (χ0v) is 90.5. The van der Waals surface area contributed by atoms with Crippen molar-refractivity contribution >= 4 is 0 Å². The van der Waals surface area contributed by atoms with Gasteiger partial charge in [0, 0.05) is 52.9 Å². The van der Waals surface area contributed by atoms with Gasteiger partial charge in [-0.3, -0.25) is 0 Å². The van der Waals surface area contributed by atoms with Crippen molar-refractivity contribution in [2.75, 3.05) is 159 Å². The van der Waals surface area contributed by atoms with Crippen LogP contribution in [0.25, 0.3) is 0 Å². The molecule has 0 aromatic heterocycles. The lowest BCUT2D eigenvalue weighted by Crippen LogP contribution is -2.65. The van der Waals surface area contributed by atoms with Crippen molar-refractivity contribution < 1.29 is 121 Å². The first-order valence-electron chi connectivity index (χ1n) is 58.4. The van der Waals surface area contributed by atoms with Crippen LogP contribution < -0.4 is 0 Å². The summed E-state index contributed by atoms with van der Waals surface area (Å²) in [5.41, 5.74) is 0. The zero-order valence-electron chi connectivity index (χ0n) is 90.5. The van der Waals surface area contributed by atoms with E-state index in [0.29, 0.717) is 106 Å². The second-order valence-electron chi connectivity index (χ2n) is 40.4. The maximum Gasteiger partial charge on any atom is 0.187 e. The Kier molecular flexibility index (Phi) is 98.2. The summed E-state index contributed by atoms with van der Waals surface area (Å²) < 4.78 is 119. The highest BCUT2D eigenvalue weighted by molar-refractivity contribution is 4.95. The molecule has 25 nitrogen and oxygen atoms in total. The van der Waals surface area contributed by atoms with Gasteiger partial charge < -0.3 is 121 Å². The van der Waals surface area contributed by atoms with Gasteiger partial charge in [-0.25, -0.2) is 0 Å². The van der Waals surface area contributed by atoms with Crippen LogP contribution in [0.1, 0.15) is 466 Å². The number of unbranched alkanes of at least 4 members (excludes halogenated alkanes) is 56. The van der Waals surface area contributed by atoms with Gasteiger partial charge in [-0.15, -0.1) is 0 Å². The van der Waals surface area contributed by atoms with Gasteiger partial charge in [0.15, 0.2) is 12.6 Å². The molecule has 0 radical (unpaired) electrons. The van der Waals surface area contributed by atoms with Crippen LogP contribution in [0.4, 0.5) is 0 Å². The molecule has 0 spiro atoms. The predicted molar refractivity (Wildman–Crippen MR) is 557 cm³/mol. The molecule has 10 atom stereocenters. The van der Waals surface area contributed by atoms with E-state index in [-0.39, 0.29) is 39.6 Å². The van der Waals surface area contributed by atoms with Gasteiger partial charge in [0.1, 0.15) is 91.6 Å². The minimum absolute atomic E-state index is 0.0355. The van der Waals surface area contributed by atoms with E-state index in [4.69, 9.17) is 85.3 Å². The molecular weight excluding hydrogens is 1760 g/mol. The molecular formula is C113H224O25. The molecule has 826 valence electrons. The molecule has 2 fully saturated rings. The highest BCUT2D eigenvalue weighted by Crippen LogP contribution is 2.32. The first-order chi connectivity index (χ1) is 67.9. The van der Waals surface area contributed by atoms with E-state index in [1.54, 1.807) is 0 Å². The van der Waals surface area contributed by atoms with E-state index in [0.717, 1.165) is 103 Å². The molecule has 2 saturated heterocycles. The van der Waals surface area contributed by atoms with Gasteiger partial charge in [-0.05, 0) is 51.4 Å². The highest BCUT2D eigenvalue weighted by Gasteiger charge is 2.51. The number of aliphatic hydroxyl groups excluding tert-OH is 7. The number of rotatable bonds is 112. The third kappa shape index (κ3) is 77.4. The Morgan fingerprint density at radius 1 is 0.181 bits per heavy atom. The molecule has 2 aliphatic heterocycles. The predicted octanol–water partition coefficient (Wildman–Crippen LogP) is 23.6. The Morgan fingerprint density at radius 2 is 0.355 bits per heavy atom. The van der Waals surface area contributed by atoms with Gasteiger partial charge in [0.25, 0.3) is 0 Å². The normalized spacial score (nSPS) is 18.9. The van der Waals surface area contributed by atoms with Crippen molar-refractivity contribution in [2.45, 2.75) is 570 Å². The Bertz CT molecular complexity index is 2050. The van der Waals surface area contributed by atoms with Crippen molar-refractivity contribution in [1.82, 2.24) is 0 Å². The maximum atomic E-state index is 12.4. The summed E-state index contributed by atoms with van der Waals surface area (Å²) in [5, 5.41) is 78.8. The fourth-order valence-electron chi connectivity index (χ4n) is 17.7. The molecule has 25 heteroatoms. The standard InChI is InChI=1S/C113H224O25/c1-9-17-25-33-41-49-57-65-73-121-83-97(84-122-74-66-58-50-42-34-26-18-10-2)129-91-101(92-130-98(85-123-75-67-59-51-43-35-27-19-11-3)86-124-76-68-60-52-44-36-28-20-12-4)133-95-103(135-112-110(120)108(118)111(105(82-115)137-112)138-113-109(119)107(117)106(116)104(81-114)136-113)96-134-102(93-131-99(87-125-77-69-61-53-45-37-29-21-13-5)88-126-78-70-62-54-46-38-30-22-14-6)94-132-100(89-127-79-71-63-55-47-39-31-23-15-7)90-128-80-72-64-56-48-40-32-24-16-8/h97-120H,9-96H2,1-8H3/t104-,105-,106+,107+,108-,109-,110-,111-,112?,113+/m1/s1. The molecule has 2 aliphatic rings. The fourth-order valence-corrected chi connectivity index (χ4v) is 17.7. The van der Waals surface area contributed by atoms with Gasteiger partial charge in [0.2, 0.25) is 0 Å². The van der Waals surface area contributed by atoms with Gasteiger partial charge in [-0.2, -0.15) is 0 Å². The van der Waals surface area contributed by atoms with Crippen LogP contribution in [-0.2, 0) is 85.3 Å². The van der Waals surface area contributed by atoms with E-state index < -0.39 is 117 Å². The summed E-state index contributed by atoms with van der Waals surface area (Å²) in [6, 6.07) is 0. The third-order valence-corrected chi connectivity index (χ3v) is 27.0. The van der Waals surface area contributed by atoms with Crippen LogP contribution in [0, 0.1) is 0 Å². The molecule has 138 heavy (non-hydrogen) atoms. The second-order valence-corrected chi connectivity index (χ2v) is 40.4. The van der Waals surface area contributed by atoms with Crippen molar-refractivity contribution in [1.29, 1.82) is 0 Å². The lowest BCUT2D eigenvalue weighted by molar-refractivity contribution is -0.364. The van der Waals surface area contributed by atoms with Gasteiger partial charge >= 0.3 is 0 Å². The Labute approximate surface area is 845 Å². The van der Waals surface area contributed by atoms with Gasteiger partial charge in [-0.1, -0.05) is 415 Å². The number of aliphatic hydroxyl groups is 7. The third-order valence-electron chi connectivity index (χ3n) is 27.0. The largest absolute Gasteiger partial charge is 0.394 e. The zero-order chi connectivity index (χ0) is 99.8. The molecule has 0 aliphatic carbocycles. The fraction of sp³-hybridized carbons (Fsp3) is 1.00. The molecule has 0 aromatic rings. The average molecular weight is 1980 g/mol. The Balaban J connectivity index is 2.96. The smallest absolute Gasteiger partial charge is 0.187 e. The van der Waals surface area contributed by atoms with E-state index >= 15 is 0 Å². The molecule has 2 heterocycles. The molecule has 1 unspecified atom stereocenters. The van der Waals surface area contributed by atoms with Crippen molar-refractivity contribution in [2.24, 2.45) is 0 Å². The molecule has 2 rings (SSSR count). The van der Waals surface area contributed by atoms with E-state index in [1.807, 2.05) is 0 Å². The number of hydrogen-bond acceptors (Lipinski definition) is 25. The van der Waals surface area contributed by atoms with Crippen molar-refractivity contribution in [3.63, 3.8) is 0 Å². The highest BCUT2D eigenvalue weighted by atomic mass is 16.8. The monoisotopic (exact) mass is 1980 g/mol. The summed E-state index contributed by atoms with van der Waals surface area (Å²) in [5.74, 6) is 0. The molecule has 0 aromatic carbocycles. The van der Waals surface area contributed by atoms with E-state index in [9.17, 15) is 35.7 Å². The van der Waals surface area contributed by atoms with Crippen molar-refractivity contribution in [3.05, 3.63) is 0 Å². The number of hydrogen-bond donors (Lipinski definition) is 7. The molecule has 7 N–H and O–H groups in total. The maximum absolute atomic E-state index is 12.4. The SMILES string of the molecule is CCCCCCCCCCOCC(COCCCCCCCCCC)OCC(COC(COCCCCCCCCCC)COCCCCCCCCCC)OCC(COC(COC(COCCCCCCCCCC)COCCCCCCCCCC)COC(COCCCCCCCCCC)COCCCCCCCCCC)OC1O[C@H](CO)[C@@H](O[C@@H]2O[C@H](CO)[C@H](O)[C@H](O)[C@H]2O)[C@H](O)[C@H]1O. The van der Waals surface area contributed by atoms with E-state index in [1.165, 1.54) is 308 Å². The topological polar surface area (TPSA) is 308 Å². The molecule has 0 saturated carbocycles. The van der Waals surface area contributed by atoms with Crippen LogP contribution in [0.2, 0.25) is 0 Å². The van der Waals surface area contributed by atoms with Crippen LogP contribution >= 0.6 is 0 Å². The first kappa shape index (κ1) is 133. The minimum Gasteiger partial charge on any atom is -0.394 e. The lowest BCUT2D eigenvalue weighted by atomic mass is 9.97. The average Bonchev–Trinajstić information content (AvgIpc) is 0.784. The van der Waals surface area contributed by atoms with Crippen LogP contribution in [0.3, 0.4) is 0 Å². The summed E-state index contributed by atoms with van der Waals surface area (Å²) in [7, 11) is 0. The van der Waals surface area contributed by atoms with Crippen LogP contribution in [0.5, 0.6) is 0 Å². The Morgan fingerprint density at radius 3 is 0.558 bits per heavy atom. The van der Waals surface area contributed by atoms with Crippen LogP contribution in [0.15, 0.2) is 0 Å². The molecule has 0 amide bonds. The molecule has 0 bridgehead atoms. The lowest BCUT2D eigenvalue weighted by Gasteiger charge is -2.46. The second kappa shape index (κ2) is 102. The van der Waals surface area contributed by atoms with Crippen molar-refractivity contribution in [3.8, 4) is 0 Å². The van der Waals surface area contributed by atoms with E-state index in [2.05, 4.69) is 55.4 Å². The Hall–Kier alpha value is -1.00. The number of ether oxygens (including phenoxy) is 18. The summed E-state index contributed by atoms with van der Waals surface area (Å²) in [4.78, 5) is 0. The van der Waals surface area contributed by atoms with Crippen LogP contribution in [-0.4, -0.2) is 298 Å². The summed E-state index contributed by atoms with van der Waals surface area (Å²) in [6.07, 6.45) is 54.1. The first-order valence-corrected chi connectivity index (χ1v) is 58.4. The van der Waals surface area contributed by atoms with Gasteiger partial charge in [0.05, 0.1) is 106 Å². The summed E-state index contributed by atoms with van der Waals surface area (Å²) >= 11 is 0. The minimum atomic E-state index is -1.89. The summed E-state index contributed by atoms with van der Waals surface area (Å²) in [6.45, 7) is 23.3. The quantitative estimate of drug-likeness (QED) is 0.0278.